The number of nitrogens with zero attached hydrogens (tertiary/aromatic N) is 2. The lowest BCUT2D eigenvalue weighted by atomic mass is 10.0. The fraction of sp³-hybridized carbons (Fsp3) is 0.933. The van der Waals surface area contributed by atoms with E-state index in [1.165, 1.54) is 103 Å². The van der Waals surface area contributed by atoms with E-state index in [9.17, 15) is 9.59 Å². The summed E-state index contributed by atoms with van der Waals surface area (Å²) in [5, 5.41) is 0. The van der Waals surface area contributed by atoms with Crippen molar-refractivity contribution in [2.24, 2.45) is 0 Å². The molecule has 0 aromatic rings. The number of carbonyl (C=O) groups excluding carboxylic acids is 2. The monoisotopic (exact) mass is 493 g/mol. The van der Waals surface area contributed by atoms with Crippen molar-refractivity contribution in [3.8, 4) is 0 Å². The summed E-state index contributed by atoms with van der Waals surface area (Å²) in [6, 6.07) is 0. The number of carbonyl (C=O) groups is 2. The summed E-state index contributed by atoms with van der Waals surface area (Å²) in [6.07, 6.45) is 25.6. The van der Waals surface area contributed by atoms with Gasteiger partial charge in [0.05, 0.1) is 19.8 Å². The molecule has 0 atom stereocenters. The molecule has 0 aromatic heterocycles. The third-order valence-electron chi connectivity index (χ3n) is 8.25. The minimum Gasteiger partial charge on any atom is -0.370 e. The number of imide groups is 1. The quantitative estimate of drug-likeness (QED) is 0.143. The Hall–Kier alpha value is -0.940. The zero-order valence-electron chi connectivity index (χ0n) is 23.2. The van der Waals surface area contributed by atoms with E-state index in [4.69, 9.17) is 4.74 Å². The lowest BCUT2D eigenvalue weighted by Crippen LogP contribution is -2.60. The summed E-state index contributed by atoms with van der Waals surface area (Å²) >= 11 is 0. The highest BCUT2D eigenvalue weighted by atomic mass is 16.5. The van der Waals surface area contributed by atoms with Crippen LogP contribution in [-0.4, -0.2) is 67.1 Å². The van der Waals surface area contributed by atoms with Crippen LogP contribution in [0.5, 0.6) is 0 Å². The molecule has 204 valence electrons. The zero-order chi connectivity index (χ0) is 25.0. The summed E-state index contributed by atoms with van der Waals surface area (Å²) < 4.78 is 6.44. The molecule has 5 heteroatoms. The van der Waals surface area contributed by atoms with E-state index in [1.807, 2.05) is 0 Å². The van der Waals surface area contributed by atoms with Crippen molar-refractivity contribution >= 4 is 11.8 Å². The Labute approximate surface area is 216 Å². The number of morpholine rings is 1. The number of hydrogen-bond donors (Lipinski definition) is 0. The Kier molecular flexibility index (Phi) is 16.6. The summed E-state index contributed by atoms with van der Waals surface area (Å²) in [6.45, 7) is 7.73. The van der Waals surface area contributed by atoms with Crippen molar-refractivity contribution in [1.29, 1.82) is 0 Å². The van der Waals surface area contributed by atoms with E-state index < -0.39 is 0 Å². The molecule has 0 radical (unpaired) electrons. The Morgan fingerprint density at radius 3 is 1.80 bits per heavy atom. The van der Waals surface area contributed by atoms with Crippen LogP contribution in [0.3, 0.4) is 0 Å². The highest BCUT2D eigenvalue weighted by Gasteiger charge is 2.35. The number of quaternary nitrogens is 1. The fourth-order valence-electron chi connectivity index (χ4n) is 5.81. The van der Waals surface area contributed by atoms with Crippen LogP contribution in [0.15, 0.2) is 0 Å². The van der Waals surface area contributed by atoms with Crippen LogP contribution in [-0.2, 0) is 14.3 Å². The first-order valence-electron chi connectivity index (χ1n) is 15.4. The number of ether oxygens (including phenoxy) is 1. The van der Waals surface area contributed by atoms with Gasteiger partial charge in [-0.2, -0.15) is 0 Å². The van der Waals surface area contributed by atoms with Crippen LogP contribution in [0.1, 0.15) is 135 Å². The first-order valence-corrected chi connectivity index (χ1v) is 15.4. The second kappa shape index (κ2) is 19.2. The van der Waals surface area contributed by atoms with Crippen LogP contribution in [0.4, 0.5) is 0 Å². The van der Waals surface area contributed by atoms with Crippen molar-refractivity contribution in [3.63, 3.8) is 0 Å². The predicted molar refractivity (Wildman–Crippen MR) is 145 cm³/mol. The molecule has 35 heavy (non-hydrogen) atoms. The van der Waals surface area contributed by atoms with Gasteiger partial charge in [-0.1, -0.05) is 103 Å². The van der Waals surface area contributed by atoms with E-state index in [0.717, 1.165) is 56.6 Å². The van der Waals surface area contributed by atoms with E-state index in [-0.39, 0.29) is 11.8 Å². The van der Waals surface area contributed by atoms with Crippen LogP contribution < -0.4 is 0 Å². The number of hydrogen-bond acceptors (Lipinski definition) is 3. The maximum atomic E-state index is 13.1. The van der Waals surface area contributed by atoms with Crippen molar-refractivity contribution in [3.05, 3.63) is 0 Å². The molecule has 2 heterocycles. The van der Waals surface area contributed by atoms with Crippen LogP contribution >= 0.6 is 0 Å². The van der Waals surface area contributed by atoms with Gasteiger partial charge in [0, 0.05) is 13.0 Å². The topological polar surface area (TPSA) is 46.6 Å². The second-order valence-electron chi connectivity index (χ2n) is 11.3. The Morgan fingerprint density at radius 1 is 0.743 bits per heavy atom. The van der Waals surface area contributed by atoms with Gasteiger partial charge in [0.1, 0.15) is 13.1 Å². The molecule has 2 amide bonds. The van der Waals surface area contributed by atoms with Gasteiger partial charge in [-0.3, -0.25) is 14.5 Å². The molecule has 2 aliphatic heterocycles. The van der Waals surface area contributed by atoms with Gasteiger partial charge in [0.15, 0.2) is 6.54 Å². The normalized spacial score (nSPS) is 18.5. The zero-order valence-corrected chi connectivity index (χ0v) is 23.2. The summed E-state index contributed by atoms with van der Waals surface area (Å²) in [5.74, 6) is 0.0941. The van der Waals surface area contributed by atoms with E-state index >= 15 is 0 Å². The van der Waals surface area contributed by atoms with Gasteiger partial charge < -0.3 is 9.22 Å². The molecule has 0 aliphatic carbocycles. The fourth-order valence-corrected chi connectivity index (χ4v) is 5.81. The standard InChI is InChI=1S/C30H57N2O3/c1-2-3-4-5-6-7-8-9-10-11-12-13-14-15-16-20-23-32(24-26-35-27-25-32)28-30(34)31-22-19-17-18-21-29(31)33/h2-28H2,1H3/q+1. The van der Waals surface area contributed by atoms with Gasteiger partial charge in [0.25, 0.3) is 5.91 Å². The molecule has 0 saturated carbocycles. The van der Waals surface area contributed by atoms with Crippen LogP contribution in [0.25, 0.3) is 0 Å². The Morgan fingerprint density at radius 2 is 1.26 bits per heavy atom. The van der Waals surface area contributed by atoms with Crippen LogP contribution in [0.2, 0.25) is 0 Å². The molecule has 2 aliphatic rings. The highest BCUT2D eigenvalue weighted by Crippen LogP contribution is 2.19. The van der Waals surface area contributed by atoms with Crippen molar-refractivity contribution in [2.75, 3.05) is 45.9 Å². The molecular weight excluding hydrogens is 436 g/mol. The summed E-state index contributed by atoms with van der Waals surface area (Å²) in [4.78, 5) is 27.0. The average molecular weight is 494 g/mol. The molecule has 0 N–H and O–H groups in total. The molecule has 0 spiro atoms. The molecule has 5 nitrogen and oxygen atoms in total. The number of unbranched alkanes of at least 4 members (excludes halogenated alkanes) is 15. The molecule has 0 bridgehead atoms. The van der Waals surface area contributed by atoms with Crippen LogP contribution in [0, 0.1) is 0 Å². The van der Waals surface area contributed by atoms with Crippen molar-refractivity contribution in [1.82, 2.24) is 4.90 Å². The third-order valence-corrected chi connectivity index (χ3v) is 8.25. The van der Waals surface area contributed by atoms with Gasteiger partial charge in [-0.05, 0) is 25.7 Å². The minimum absolute atomic E-state index is 0.0429. The largest absolute Gasteiger partial charge is 0.370 e. The van der Waals surface area contributed by atoms with E-state index in [0.29, 0.717) is 19.5 Å². The smallest absolute Gasteiger partial charge is 0.284 e. The molecule has 2 saturated heterocycles. The van der Waals surface area contributed by atoms with Gasteiger partial charge in [0.2, 0.25) is 5.91 Å². The third kappa shape index (κ3) is 13.3. The van der Waals surface area contributed by atoms with Crippen molar-refractivity contribution in [2.45, 2.75) is 135 Å². The molecule has 2 fully saturated rings. The summed E-state index contributed by atoms with van der Waals surface area (Å²) in [7, 11) is 0. The SMILES string of the molecule is CCCCCCCCCCCCCCCCCC[N+]1(CC(=O)N2CCCCCC2=O)CCOCC1. The van der Waals surface area contributed by atoms with E-state index in [1.54, 1.807) is 4.90 Å². The first-order chi connectivity index (χ1) is 17.2. The molecule has 0 aromatic carbocycles. The van der Waals surface area contributed by atoms with Gasteiger partial charge >= 0.3 is 0 Å². The average Bonchev–Trinajstić information content (AvgIpc) is 3.08. The number of rotatable bonds is 19. The maximum absolute atomic E-state index is 13.1. The minimum atomic E-state index is 0.0429. The lowest BCUT2D eigenvalue weighted by molar-refractivity contribution is -0.928. The first kappa shape index (κ1) is 30.3. The van der Waals surface area contributed by atoms with Gasteiger partial charge in [-0.15, -0.1) is 0 Å². The molecular formula is C30H57N2O3+. The Balaban J connectivity index is 1.51. The van der Waals surface area contributed by atoms with Crippen molar-refractivity contribution < 1.29 is 18.8 Å². The Bertz CT molecular complexity index is 560. The molecule has 0 unspecified atom stereocenters. The number of likely N-dealkylation sites (tertiary alicyclic amines) is 1. The second-order valence-corrected chi connectivity index (χ2v) is 11.3. The molecule has 2 rings (SSSR count). The predicted octanol–water partition coefficient (Wildman–Crippen LogP) is 7.02. The number of amides is 2. The lowest BCUT2D eigenvalue weighted by Gasteiger charge is -2.41. The summed E-state index contributed by atoms with van der Waals surface area (Å²) in [5.41, 5.74) is 0. The van der Waals surface area contributed by atoms with Gasteiger partial charge in [-0.25, -0.2) is 0 Å². The maximum Gasteiger partial charge on any atom is 0.284 e. The highest BCUT2D eigenvalue weighted by molar-refractivity contribution is 5.96. The van der Waals surface area contributed by atoms with E-state index in [2.05, 4.69) is 6.92 Å².